The van der Waals surface area contributed by atoms with Gasteiger partial charge in [0.2, 0.25) is 23.5 Å². The summed E-state index contributed by atoms with van der Waals surface area (Å²) in [5.41, 5.74) is 1.07. The third-order valence-corrected chi connectivity index (χ3v) is 6.97. The molecule has 0 aliphatic rings. The number of nitrogens with zero attached hydrogens (tertiary/aromatic N) is 8. The predicted octanol–water partition coefficient (Wildman–Crippen LogP) is 4.18. The predicted molar refractivity (Wildman–Crippen MR) is 162 cm³/mol. The molecule has 7 rings (SSSR count). The highest BCUT2D eigenvalue weighted by Gasteiger charge is 2.18. The van der Waals surface area contributed by atoms with Gasteiger partial charge in [0.25, 0.3) is 11.1 Å². The van der Waals surface area contributed by atoms with Crippen molar-refractivity contribution in [3.8, 4) is 29.2 Å². The van der Waals surface area contributed by atoms with E-state index in [0.717, 1.165) is 17.1 Å². The van der Waals surface area contributed by atoms with Gasteiger partial charge in [0.05, 0.1) is 35.5 Å². The average molecular weight is 669 g/mol. The van der Waals surface area contributed by atoms with E-state index in [2.05, 4.69) is 35.3 Å². The number of H-pyrrole nitrogens is 2. The second-order valence-corrected chi connectivity index (χ2v) is 10.2. The maximum atomic E-state index is 14.0. The van der Waals surface area contributed by atoms with Gasteiger partial charge in [-0.05, 0) is 23.3 Å². The summed E-state index contributed by atoms with van der Waals surface area (Å²) in [6, 6.07) is 16.1. The molecular weight excluding hydrogens is 648 g/mol. The molecule has 0 bridgehead atoms. The number of nitriles is 1. The highest BCUT2D eigenvalue weighted by molar-refractivity contribution is 5.61. The van der Waals surface area contributed by atoms with Gasteiger partial charge in [0.15, 0.2) is 0 Å². The van der Waals surface area contributed by atoms with E-state index in [1.807, 2.05) is 6.07 Å². The number of hydrogen-bond acceptors (Lipinski definition) is 9. The van der Waals surface area contributed by atoms with E-state index in [1.54, 1.807) is 48.7 Å². The molecule has 7 aromatic rings. The van der Waals surface area contributed by atoms with Crippen LogP contribution in [0.2, 0.25) is 0 Å². The Morgan fingerprint density at radius 3 is 1.76 bits per heavy atom. The highest BCUT2D eigenvalue weighted by atomic mass is 19.1. The molecule has 0 radical (unpaired) electrons. The molecule has 0 spiro atoms. The van der Waals surface area contributed by atoms with Gasteiger partial charge in [-0.2, -0.15) is 24.2 Å². The minimum atomic E-state index is -1.02. The Kier molecular flexibility index (Phi) is 9.01. The fourth-order valence-electron chi connectivity index (χ4n) is 4.57. The standard InChI is InChI=1S/C17H11F2N5O2.C15H9F2N5O/c18-12-4-2-1-3-10(12)7-15-11(14-5-6-26-23-14)9-24(22-15)17-20-8-13(19)16(25)21-17;16-11-4-2-1-3-9(11)5-13-10(6-18)8-22(21-13)15-19-7-12(17)14(23)20-15/h1-6,8-9H,7H2,(H,20,21,25);1-4,7-8H,5H2,(H,19,20,23). The number of benzene rings is 2. The van der Waals surface area contributed by atoms with Crippen LogP contribution in [0.3, 0.4) is 0 Å². The zero-order valence-corrected chi connectivity index (χ0v) is 24.8. The van der Waals surface area contributed by atoms with Crippen molar-refractivity contribution in [3.05, 3.63) is 158 Å². The lowest BCUT2D eigenvalue weighted by Crippen LogP contribution is -2.16. The van der Waals surface area contributed by atoms with Crippen LogP contribution in [-0.4, -0.2) is 44.7 Å². The van der Waals surface area contributed by atoms with E-state index in [4.69, 9.17) is 4.52 Å². The van der Waals surface area contributed by atoms with Gasteiger partial charge in [-0.3, -0.25) is 19.6 Å². The van der Waals surface area contributed by atoms with E-state index in [1.165, 1.54) is 29.3 Å². The number of rotatable bonds is 7. The normalized spacial score (nSPS) is 10.8. The number of nitrogens with one attached hydrogen (secondary N) is 2. The number of aromatic nitrogens is 9. The van der Waals surface area contributed by atoms with Gasteiger partial charge < -0.3 is 4.52 Å². The molecule has 0 unspecified atom stereocenters. The van der Waals surface area contributed by atoms with Crippen LogP contribution in [-0.2, 0) is 12.8 Å². The smallest absolute Gasteiger partial charge is 0.288 e. The summed E-state index contributed by atoms with van der Waals surface area (Å²) in [4.78, 5) is 34.8. The fraction of sp³-hybridized carbons (Fsp3) is 0.0625. The van der Waals surface area contributed by atoms with Crippen LogP contribution in [0, 0.1) is 34.6 Å². The van der Waals surface area contributed by atoms with Crippen molar-refractivity contribution in [2.75, 3.05) is 0 Å². The summed E-state index contributed by atoms with van der Waals surface area (Å²) in [6.07, 6.45) is 6.16. The first-order valence-corrected chi connectivity index (χ1v) is 14.1. The molecule has 2 N–H and O–H groups in total. The summed E-state index contributed by atoms with van der Waals surface area (Å²) < 4.78 is 61.1. The number of aromatic amines is 2. The van der Waals surface area contributed by atoms with Crippen molar-refractivity contribution >= 4 is 0 Å². The Bertz CT molecular complexity index is 2430. The number of halogens is 4. The van der Waals surface area contributed by atoms with Crippen LogP contribution < -0.4 is 11.1 Å². The van der Waals surface area contributed by atoms with Crippen LogP contribution in [0.15, 0.2) is 99.8 Å². The van der Waals surface area contributed by atoms with Crippen molar-refractivity contribution in [2.24, 2.45) is 0 Å². The Balaban J connectivity index is 0.000000171. The Hall–Kier alpha value is -6.96. The summed E-state index contributed by atoms with van der Waals surface area (Å²) in [6.45, 7) is 0. The van der Waals surface area contributed by atoms with Crippen LogP contribution >= 0.6 is 0 Å². The van der Waals surface area contributed by atoms with Crippen molar-refractivity contribution in [1.29, 1.82) is 5.26 Å². The molecule has 0 saturated carbocycles. The van der Waals surface area contributed by atoms with E-state index in [9.17, 15) is 32.4 Å². The van der Waals surface area contributed by atoms with E-state index in [-0.39, 0.29) is 36.1 Å². The summed E-state index contributed by atoms with van der Waals surface area (Å²) in [7, 11) is 0. The van der Waals surface area contributed by atoms with E-state index >= 15 is 0 Å². The first-order valence-electron chi connectivity index (χ1n) is 14.1. The van der Waals surface area contributed by atoms with Crippen molar-refractivity contribution in [1.82, 2.24) is 44.7 Å². The Morgan fingerprint density at radius 2 is 1.24 bits per heavy atom. The van der Waals surface area contributed by atoms with Gasteiger partial charge in [-0.1, -0.05) is 41.6 Å². The van der Waals surface area contributed by atoms with Crippen LogP contribution in [0.25, 0.3) is 23.2 Å². The molecule has 0 aliphatic carbocycles. The average Bonchev–Trinajstić information content (AvgIpc) is 3.87. The molecule has 0 saturated heterocycles. The molecular formula is C32H20F4N10O3. The summed E-state index contributed by atoms with van der Waals surface area (Å²) in [5.74, 6) is -2.79. The third kappa shape index (κ3) is 7.07. The quantitative estimate of drug-likeness (QED) is 0.236. The zero-order valence-electron chi connectivity index (χ0n) is 24.8. The minimum absolute atomic E-state index is 0.0286. The molecule has 5 heterocycles. The van der Waals surface area contributed by atoms with Gasteiger partial charge in [0, 0.05) is 30.7 Å². The molecule has 5 aromatic heterocycles. The Morgan fingerprint density at radius 1 is 0.714 bits per heavy atom. The first-order chi connectivity index (χ1) is 23.7. The van der Waals surface area contributed by atoms with Crippen LogP contribution in [0.5, 0.6) is 0 Å². The largest absolute Gasteiger partial charge is 0.364 e. The molecule has 0 atom stereocenters. The van der Waals surface area contributed by atoms with Crippen molar-refractivity contribution < 1.29 is 22.1 Å². The lowest BCUT2D eigenvalue weighted by Gasteiger charge is -2.02. The van der Waals surface area contributed by atoms with Crippen LogP contribution in [0.1, 0.15) is 28.1 Å². The lowest BCUT2D eigenvalue weighted by atomic mass is 10.1. The van der Waals surface area contributed by atoms with E-state index < -0.39 is 28.6 Å². The molecule has 0 fully saturated rings. The second kappa shape index (κ2) is 13.8. The monoisotopic (exact) mass is 668 g/mol. The van der Waals surface area contributed by atoms with Gasteiger partial charge in [-0.15, -0.1) is 0 Å². The van der Waals surface area contributed by atoms with E-state index in [0.29, 0.717) is 33.8 Å². The molecule has 13 nitrogen and oxygen atoms in total. The minimum Gasteiger partial charge on any atom is -0.364 e. The third-order valence-electron chi connectivity index (χ3n) is 6.97. The fourth-order valence-corrected chi connectivity index (χ4v) is 4.57. The maximum absolute atomic E-state index is 14.0. The molecule has 17 heteroatoms. The SMILES string of the molecule is N#Cc1cn(-c2ncc(F)c(=O)[nH]2)nc1Cc1ccccc1F.O=c1[nH]c(-n2cc(-c3ccon3)c(Cc3ccccc3F)n2)ncc1F. The van der Waals surface area contributed by atoms with Crippen molar-refractivity contribution in [3.63, 3.8) is 0 Å². The van der Waals surface area contributed by atoms with Gasteiger partial charge in [0.1, 0.15) is 29.7 Å². The first kappa shape index (κ1) is 32.0. The molecule has 2 aromatic carbocycles. The molecule has 244 valence electrons. The topological polar surface area (TPSA) is 177 Å². The van der Waals surface area contributed by atoms with Gasteiger partial charge in [-0.25, -0.2) is 28.1 Å². The Labute approximate surface area is 271 Å². The molecule has 0 amide bonds. The zero-order chi connectivity index (χ0) is 34.5. The second-order valence-electron chi connectivity index (χ2n) is 10.2. The van der Waals surface area contributed by atoms with Gasteiger partial charge >= 0.3 is 0 Å². The highest BCUT2D eigenvalue weighted by Crippen LogP contribution is 2.25. The summed E-state index contributed by atoms with van der Waals surface area (Å²) >= 11 is 0. The lowest BCUT2D eigenvalue weighted by molar-refractivity contribution is 0.422. The maximum Gasteiger partial charge on any atom is 0.288 e. The summed E-state index contributed by atoms with van der Waals surface area (Å²) in [5, 5.41) is 21.5. The number of hydrogen-bond donors (Lipinski definition) is 2. The van der Waals surface area contributed by atoms with Crippen LogP contribution in [0.4, 0.5) is 17.6 Å². The molecule has 49 heavy (non-hydrogen) atoms. The van der Waals surface area contributed by atoms with Crippen molar-refractivity contribution in [2.45, 2.75) is 12.8 Å². The molecule has 0 aliphatic heterocycles.